The number of hydrogen-bond acceptors (Lipinski definition) is 5. The van der Waals surface area contributed by atoms with E-state index in [1.165, 1.54) is 24.1 Å². The lowest BCUT2D eigenvalue weighted by atomic mass is 10.1. The fraction of sp³-hybridized carbons (Fsp3) is 0.188. The van der Waals surface area contributed by atoms with Gasteiger partial charge in [-0.05, 0) is 80.1 Å². The molecule has 0 aliphatic carbocycles. The van der Waals surface area contributed by atoms with Gasteiger partial charge in [0.1, 0.15) is 24.1 Å². The van der Waals surface area contributed by atoms with E-state index in [1.54, 1.807) is 73.7 Å². The van der Waals surface area contributed by atoms with Crippen LogP contribution in [0.5, 0.6) is 11.5 Å². The third-order valence-corrected chi connectivity index (χ3v) is 9.27. The van der Waals surface area contributed by atoms with E-state index in [1.807, 2.05) is 25.1 Å². The summed E-state index contributed by atoms with van der Waals surface area (Å²) < 4.78 is 34.9. The lowest BCUT2D eigenvalue weighted by Crippen LogP contribution is -2.50. The van der Waals surface area contributed by atoms with Crippen molar-refractivity contribution in [3.63, 3.8) is 0 Å². The third-order valence-electron chi connectivity index (χ3n) is 6.74. The highest BCUT2D eigenvalue weighted by molar-refractivity contribution is 7.92. The smallest absolute Gasteiger partial charge is 0.264 e. The summed E-state index contributed by atoms with van der Waals surface area (Å²) in [6.07, 6.45) is 0. The average molecular weight is 641 g/mol. The fourth-order valence-electron chi connectivity index (χ4n) is 4.30. The summed E-state index contributed by atoms with van der Waals surface area (Å²) in [5.41, 5.74) is 1.75. The zero-order chi connectivity index (χ0) is 31.1. The Balaban J connectivity index is 1.71. The molecule has 0 saturated carbocycles. The van der Waals surface area contributed by atoms with E-state index in [4.69, 9.17) is 27.9 Å². The Morgan fingerprint density at radius 3 is 2.09 bits per heavy atom. The second-order valence-corrected chi connectivity index (χ2v) is 12.5. The van der Waals surface area contributed by atoms with Gasteiger partial charge in [0, 0.05) is 13.6 Å². The molecule has 0 unspecified atom stereocenters. The monoisotopic (exact) mass is 639 g/mol. The SMILES string of the molecule is CNC(=O)[C@H](C)N(Cc1ccc(Cl)c(Cl)c1)C(=O)CN(c1ccc(Oc2ccccc2)cc1)S(=O)(=O)c1ccc(C)cc1. The number of benzene rings is 4. The molecule has 4 aromatic rings. The number of hydrogen-bond donors (Lipinski definition) is 1. The van der Waals surface area contributed by atoms with Crippen molar-refractivity contribution in [3.05, 3.63) is 118 Å². The summed E-state index contributed by atoms with van der Waals surface area (Å²) in [6.45, 7) is 2.84. The predicted octanol–water partition coefficient (Wildman–Crippen LogP) is 6.45. The molecule has 11 heteroatoms. The average Bonchev–Trinajstić information content (AvgIpc) is 3.00. The molecule has 8 nitrogen and oxygen atoms in total. The normalized spacial score (nSPS) is 11.8. The first kappa shape index (κ1) is 31.9. The molecule has 43 heavy (non-hydrogen) atoms. The molecular formula is C32H31Cl2N3O5S. The largest absolute Gasteiger partial charge is 0.457 e. The Hall–Kier alpha value is -4.05. The van der Waals surface area contributed by atoms with Crippen LogP contribution in [0.25, 0.3) is 0 Å². The highest BCUT2D eigenvalue weighted by Gasteiger charge is 2.32. The molecule has 0 fully saturated rings. The van der Waals surface area contributed by atoms with E-state index in [0.29, 0.717) is 27.1 Å². The summed E-state index contributed by atoms with van der Waals surface area (Å²) >= 11 is 12.3. The Kier molecular flexibility index (Phi) is 10.3. The number of nitrogens with one attached hydrogen (secondary N) is 1. The Morgan fingerprint density at radius 2 is 1.49 bits per heavy atom. The van der Waals surface area contributed by atoms with Crippen LogP contribution >= 0.6 is 23.2 Å². The molecule has 1 N–H and O–H groups in total. The number of halogens is 2. The quantitative estimate of drug-likeness (QED) is 0.203. The van der Waals surface area contributed by atoms with Gasteiger partial charge in [-0.3, -0.25) is 13.9 Å². The molecule has 0 aliphatic rings. The van der Waals surface area contributed by atoms with Gasteiger partial charge in [0.05, 0.1) is 20.6 Å². The van der Waals surface area contributed by atoms with Crippen LogP contribution in [0.3, 0.4) is 0 Å². The molecule has 0 saturated heterocycles. The molecule has 0 aromatic heterocycles. The first-order valence-corrected chi connectivity index (χ1v) is 15.6. The summed E-state index contributed by atoms with van der Waals surface area (Å²) in [7, 11) is -2.74. The number of sulfonamides is 1. The molecule has 1 atom stereocenters. The number of amides is 2. The van der Waals surface area contributed by atoms with Crippen LogP contribution in [-0.4, -0.2) is 44.8 Å². The third kappa shape index (κ3) is 7.87. The van der Waals surface area contributed by atoms with Crippen LogP contribution in [0, 0.1) is 6.92 Å². The highest BCUT2D eigenvalue weighted by Crippen LogP contribution is 2.29. The summed E-state index contributed by atoms with van der Waals surface area (Å²) in [5, 5.41) is 3.19. The van der Waals surface area contributed by atoms with E-state index in [-0.39, 0.29) is 17.1 Å². The van der Waals surface area contributed by atoms with Crippen LogP contribution < -0.4 is 14.4 Å². The summed E-state index contributed by atoms with van der Waals surface area (Å²) in [4.78, 5) is 27.9. The van der Waals surface area contributed by atoms with Crippen molar-refractivity contribution in [2.75, 3.05) is 17.9 Å². The van der Waals surface area contributed by atoms with Gasteiger partial charge in [0.15, 0.2) is 0 Å². The lowest BCUT2D eigenvalue weighted by molar-refractivity contribution is -0.139. The molecule has 2 amide bonds. The Bertz CT molecular complexity index is 1680. The molecule has 224 valence electrons. The molecule has 0 bridgehead atoms. The highest BCUT2D eigenvalue weighted by atomic mass is 35.5. The number of nitrogens with zero attached hydrogens (tertiary/aromatic N) is 2. The number of ether oxygens (including phenoxy) is 1. The van der Waals surface area contributed by atoms with Gasteiger partial charge in [0.2, 0.25) is 11.8 Å². The summed E-state index contributed by atoms with van der Waals surface area (Å²) in [6, 6.07) is 25.9. The van der Waals surface area contributed by atoms with Crippen LogP contribution in [0.1, 0.15) is 18.1 Å². The first-order valence-electron chi connectivity index (χ1n) is 13.4. The van der Waals surface area contributed by atoms with E-state index >= 15 is 0 Å². The van der Waals surface area contributed by atoms with Crippen molar-refractivity contribution in [3.8, 4) is 11.5 Å². The Labute approximate surface area is 261 Å². The van der Waals surface area contributed by atoms with E-state index in [2.05, 4.69) is 5.32 Å². The second-order valence-electron chi connectivity index (χ2n) is 9.79. The van der Waals surface area contributed by atoms with Crippen molar-refractivity contribution < 1.29 is 22.7 Å². The molecule has 0 radical (unpaired) electrons. The van der Waals surface area contributed by atoms with Gasteiger partial charge in [-0.2, -0.15) is 0 Å². The number of carbonyl (C=O) groups excluding carboxylic acids is 2. The van der Waals surface area contributed by atoms with Gasteiger partial charge >= 0.3 is 0 Å². The number of aryl methyl sites for hydroxylation is 1. The minimum absolute atomic E-state index is 0.00736. The summed E-state index contributed by atoms with van der Waals surface area (Å²) in [5.74, 6) is 0.102. The number of rotatable bonds is 11. The molecule has 0 spiro atoms. The predicted molar refractivity (Wildman–Crippen MR) is 169 cm³/mol. The number of anilines is 1. The van der Waals surface area contributed by atoms with Crippen LogP contribution in [0.4, 0.5) is 5.69 Å². The van der Waals surface area contributed by atoms with Gasteiger partial charge < -0.3 is 15.0 Å². The van der Waals surface area contributed by atoms with E-state index in [9.17, 15) is 18.0 Å². The van der Waals surface area contributed by atoms with E-state index < -0.39 is 34.4 Å². The fourth-order valence-corrected chi connectivity index (χ4v) is 6.03. The van der Waals surface area contributed by atoms with Crippen LogP contribution in [-0.2, 0) is 26.2 Å². The van der Waals surface area contributed by atoms with Gasteiger partial charge in [-0.15, -0.1) is 0 Å². The van der Waals surface area contributed by atoms with Gasteiger partial charge in [-0.25, -0.2) is 8.42 Å². The maximum atomic E-state index is 14.0. The van der Waals surface area contributed by atoms with Crippen LogP contribution in [0.15, 0.2) is 102 Å². The van der Waals surface area contributed by atoms with E-state index in [0.717, 1.165) is 9.87 Å². The van der Waals surface area contributed by atoms with Crippen molar-refractivity contribution in [2.45, 2.75) is 31.3 Å². The molecular weight excluding hydrogens is 609 g/mol. The zero-order valence-corrected chi connectivity index (χ0v) is 26.2. The standard InChI is InChI=1S/C32H31Cl2N3O5S/c1-22-9-16-28(17-10-22)43(40,41)37(25-12-14-27(15-13-25)42-26-7-5-4-6-8-26)21-31(38)36(23(2)32(39)35-3)20-24-11-18-29(33)30(34)19-24/h4-19,23H,20-21H2,1-3H3,(H,35,39)/t23-/m0/s1. The Morgan fingerprint density at radius 1 is 0.860 bits per heavy atom. The van der Waals surface area contributed by atoms with Crippen molar-refractivity contribution >= 4 is 50.7 Å². The maximum Gasteiger partial charge on any atom is 0.264 e. The number of para-hydroxylation sites is 1. The first-order chi connectivity index (χ1) is 20.5. The van der Waals surface area contributed by atoms with Crippen molar-refractivity contribution in [2.24, 2.45) is 0 Å². The molecule has 4 aromatic carbocycles. The maximum absolute atomic E-state index is 14.0. The minimum Gasteiger partial charge on any atom is -0.457 e. The lowest BCUT2D eigenvalue weighted by Gasteiger charge is -2.32. The van der Waals surface area contributed by atoms with Crippen molar-refractivity contribution in [1.82, 2.24) is 10.2 Å². The van der Waals surface area contributed by atoms with Gasteiger partial charge in [-0.1, -0.05) is 65.2 Å². The number of carbonyl (C=O) groups is 2. The molecule has 0 heterocycles. The topological polar surface area (TPSA) is 96.0 Å². The zero-order valence-electron chi connectivity index (χ0n) is 23.8. The van der Waals surface area contributed by atoms with Gasteiger partial charge in [0.25, 0.3) is 10.0 Å². The molecule has 0 aliphatic heterocycles. The van der Waals surface area contributed by atoms with Crippen LogP contribution in [0.2, 0.25) is 10.0 Å². The number of likely N-dealkylation sites (N-methyl/N-ethyl adjacent to an activating group) is 1. The minimum atomic E-state index is -4.20. The molecule has 4 rings (SSSR count). The second kappa shape index (κ2) is 13.9. The van der Waals surface area contributed by atoms with Crippen molar-refractivity contribution in [1.29, 1.82) is 0 Å².